The highest BCUT2D eigenvalue weighted by atomic mass is 16.5. The van der Waals surface area contributed by atoms with Gasteiger partial charge in [-0.2, -0.15) is 0 Å². The highest BCUT2D eigenvalue weighted by Gasteiger charge is 2.27. The van der Waals surface area contributed by atoms with E-state index in [1.807, 2.05) is 0 Å². The molecule has 0 heterocycles. The Morgan fingerprint density at radius 1 is 0.792 bits per heavy atom. The van der Waals surface area contributed by atoms with Crippen LogP contribution in [0.1, 0.15) is 34.6 Å². The van der Waals surface area contributed by atoms with Crippen molar-refractivity contribution in [2.45, 2.75) is 13.8 Å². The molecule has 4 nitrogen and oxygen atoms in total. The summed E-state index contributed by atoms with van der Waals surface area (Å²) in [5.74, 6) is -1.67. The molecule has 0 fully saturated rings. The Hall–Kier alpha value is -3.01. The number of benzene rings is 2. The first-order chi connectivity index (χ1) is 11.6. The first-order valence-corrected chi connectivity index (χ1v) is 7.63. The summed E-state index contributed by atoms with van der Waals surface area (Å²) in [6, 6.07) is 16.9. The van der Waals surface area contributed by atoms with Crippen LogP contribution in [0.2, 0.25) is 0 Å². The summed E-state index contributed by atoms with van der Waals surface area (Å²) in [5.41, 5.74) is 0.601. The molecule has 0 aliphatic carbocycles. The highest BCUT2D eigenvalue weighted by Crippen LogP contribution is 2.18. The Balaban J connectivity index is 2.51. The lowest BCUT2D eigenvalue weighted by atomic mass is 9.94. The summed E-state index contributed by atoms with van der Waals surface area (Å²) in [7, 11) is 0. The van der Waals surface area contributed by atoms with Crippen LogP contribution in [-0.4, -0.2) is 24.1 Å². The average Bonchev–Trinajstić information content (AvgIpc) is 2.62. The number of rotatable bonds is 6. The molecule has 0 bridgehead atoms. The van der Waals surface area contributed by atoms with Gasteiger partial charge in [-0.15, -0.1) is 0 Å². The fourth-order valence-corrected chi connectivity index (χ4v) is 2.27. The Labute approximate surface area is 140 Å². The molecule has 2 rings (SSSR count). The van der Waals surface area contributed by atoms with Gasteiger partial charge in [0.25, 0.3) is 0 Å². The van der Waals surface area contributed by atoms with Gasteiger partial charge < -0.3 is 4.74 Å². The summed E-state index contributed by atoms with van der Waals surface area (Å²) < 4.78 is 4.98. The lowest BCUT2D eigenvalue weighted by molar-refractivity contribution is -0.138. The van der Waals surface area contributed by atoms with E-state index >= 15 is 0 Å². The molecule has 122 valence electrons. The third kappa shape index (κ3) is 3.84. The van der Waals surface area contributed by atoms with Crippen LogP contribution in [-0.2, 0) is 9.53 Å². The van der Waals surface area contributed by atoms with Crippen LogP contribution >= 0.6 is 0 Å². The molecular weight excluding hydrogens is 304 g/mol. The predicted molar refractivity (Wildman–Crippen MR) is 90.9 cm³/mol. The quantitative estimate of drug-likeness (QED) is 0.268. The third-order valence-corrected chi connectivity index (χ3v) is 3.49. The van der Waals surface area contributed by atoms with Crippen LogP contribution in [0, 0.1) is 0 Å². The lowest BCUT2D eigenvalue weighted by Crippen LogP contribution is -2.20. The minimum atomic E-state index is -0.784. The standard InChI is InChI=1S/C20H18O4/c1-3-24-20(23)17(19(22)16-12-8-5-9-13-16)14(2)18(21)15-10-6-4-7-11-15/h4-13H,3H2,1-2H3/b17-14+. The second-order valence-electron chi connectivity index (χ2n) is 5.11. The normalized spacial score (nSPS) is 11.4. The number of Topliss-reactive ketones (excluding diaryl/α,β-unsaturated/α-hetero) is 2. The van der Waals surface area contributed by atoms with Crippen molar-refractivity contribution in [1.29, 1.82) is 0 Å². The van der Waals surface area contributed by atoms with Crippen molar-refractivity contribution in [3.63, 3.8) is 0 Å². The van der Waals surface area contributed by atoms with E-state index in [0.29, 0.717) is 11.1 Å². The van der Waals surface area contributed by atoms with Gasteiger partial charge >= 0.3 is 5.97 Å². The minimum absolute atomic E-state index is 0.0773. The number of ether oxygens (including phenoxy) is 1. The zero-order valence-electron chi connectivity index (χ0n) is 13.6. The molecule has 0 aliphatic rings. The molecule has 2 aromatic carbocycles. The van der Waals surface area contributed by atoms with Crippen molar-refractivity contribution in [2.24, 2.45) is 0 Å². The van der Waals surface area contributed by atoms with Gasteiger partial charge in [-0.05, 0) is 13.8 Å². The zero-order valence-corrected chi connectivity index (χ0v) is 13.6. The van der Waals surface area contributed by atoms with Crippen molar-refractivity contribution in [2.75, 3.05) is 6.61 Å². The molecule has 2 aromatic rings. The van der Waals surface area contributed by atoms with Gasteiger partial charge in [-0.1, -0.05) is 60.7 Å². The third-order valence-electron chi connectivity index (χ3n) is 3.49. The maximum Gasteiger partial charge on any atom is 0.342 e. The van der Waals surface area contributed by atoms with Crippen LogP contribution in [0.5, 0.6) is 0 Å². The first-order valence-electron chi connectivity index (χ1n) is 7.63. The van der Waals surface area contributed by atoms with Gasteiger partial charge in [0, 0.05) is 16.7 Å². The van der Waals surface area contributed by atoms with Gasteiger partial charge in [-0.25, -0.2) is 4.79 Å². The monoisotopic (exact) mass is 322 g/mol. The smallest absolute Gasteiger partial charge is 0.342 e. The van der Waals surface area contributed by atoms with E-state index in [0.717, 1.165) is 0 Å². The first kappa shape index (κ1) is 17.3. The van der Waals surface area contributed by atoms with E-state index in [4.69, 9.17) is 4.74 Å². The second-order valence-corrected chi connectivity index (χ2v) is 5.11. The van der Waals surface area contributed by atoms with E-state index in [-0.39, 0.29) is 23.5 Å². The SMILES string of the molecule is CCOC(=O)/C(C(=O)c1ccccc1)=C(\C)C(=O)c1ccccc1. The predicted octanol–water partition coefficient (Wildman–Crippen LogP) is 3.63. The Morgan fingerprint density at radius 2 is 1.25 bits per heavy atom. The van der Waals surface area contributed by atoms with E-state index in [1.54, 1.807) is 67.6 Å². The van der Waals surface area contributed by atoms with Crippen LogP contribution in [0.15, 0.2) is 71.8 Å². The second kappa shape index (κ2) is 8.02. The molecule has 0 N–H and O–H groups in total. The number of hydrogen-bond donors (Lipinski definition) is 0. The maximum atomic E-state index is 12.7. The summed E-state index contributed by atoms with van der Waals surface area (Å²) >= 11 is 0. The molecule has 4 heteroatoms. The van der Waals surface area contributed by atoms with Gasteiger partial charge in [0.1, 0.15) is 5.57 Å². The average molecular weight is 322 g/mol. The number of carbonyl (C=O) groups excluding carboxylic acids is 3. The molecular formula is C20H18O4. The van der Waals surface area contributed by atoms with Crippen molar-refractivity contribution in [3.05, 3.63) is 82.9 Å². The van der Waals surface area contributed by atoms with Crippen LogP contribution in [0.25, 0.3) is 0 Å². The minimum Gasteiger partial charge on any atom is -0.462 e. The molecule has 0 aliphatic heterocycles. The topological polar surface area (TPSA) is 60.4 Å². The fourth-order valence-electron chi connectivity index (χ4n) is 2.27. The lowest BCUT2D eigenvalue weighted by Gasteiger charge is -2.10. The molecule has 0 radical (unpaired) electrons. The van der Waals surface area contributed by atoms with E-state index < -0.39 is 11.8 Å². The van der Waals surface area contributed by atoms with Crippen molar-refractivity contribution in [3.8, 4) is 0 Å². The largest absolute Gasteiger partial charge is 0.462 e. The van der Waals surface area contributed by atoms with Crippen molar-refractivity contribution >= 4 is 17.5 Å². The summed E-state index contributed by atoms with van der Waals surface area (Å²) in [6.07, 6.45) is 0. The van der Waals surface area contributed by atoms with Crippen molar-refractivity contribution in [1.82, 2.24) is 0 Å². The van der Waals surface area contributed by atoms with Crippen LogP contribution in [0.3, 0.4) is 0 Å². The van der Waals surface area contributed by atoms with Gasteiger partial charge in [0.2, 0.25) is 5.78 Å². The number of hydrogen-bond acceptors (Lipinski definition) is 4. The fraction of sp³-hybridized carbons (Fsp3) is 0.150. The zero-order chi connectivity index (χ0) is 17.5. The molecule has 0 aromatic heterocycles. The maximum absolute atomic E-state index is 12.7. The van der Waals surface area contributed by atoms with E-state index in [9.17, 15) is 14.4 Å². The van der Waals surface area contributed by atoms with E-state index in [2.05, 4.69) is 0 Å². The van der Waals surface area contributed by atoms with Gasteiger partial charge in [0.15, 0.2) is 5.78 Å². The van der Waals surface area contributed by atoms with Gasteiger partial charge in [-0.3, -0.25) is 9.59 Å². The van der Waals surface area contributed by atoms with Gasteiger partial charge in [0.05, 0.1) is 6.61 Å². The van der Waals surface area contributed by atoms with Crippen LogP contribution < -0.4 is 0 Å². The molecule has 0 saturated heterocycles. The molecule has 0 atom stereocenters. The molecule has 0 saturated carbocycles. The summed E-state index contributed by atoms with van der Waals surface area (Å²) in [4.78, 5) is 37.6. The molecule has 0 unspecified atom stereocenters. The van der Waals surface area contributed by atoms with E-state index in [1.165, 1.54) is 6.92 Å². The number of allylic oxidation sites excluding steroid dienone is 1. The van der Waals surface area contributed by atoms with Crippen molar-refractivity contribution < 1.29 is 19.1 Å². The molecule has 24 heavy (non-hydrogen) atoms. The number of ketones is 2. The molecule has 0 spiro atoms. The highest BCUT2D eigenvalue weighted by molar-refractivity contribution is 6.29. The Morgan fingerprint density at radius 3 is 1.71 bits per heavy atom. The molecule has 0 amide bonds. The Kier molecular flexibility index (Phi) is 5.79. The summed E-state index contributed by atoms with van der Waals surface area (Å²) in [5, 5.41) is 0. The summed E-state index contributed by atoms with van der Waals surface area (Å²) in [6.45, 7) is 3.25. The number of carbonyl (C=O) groups is 3. The van der Waals surface area contributed by atoms with Crippen LogP contribution in [0.4, 0.5) is 0 Å². The Bertz CT molecular complexity index is 774. The number of esters is 1.